The molecule has 0 spiro atoms. The van der Waals surface area contributed by atoms with Crippen LogP contribution in [0.5, 0.6) is 0 Å². The van der Waals surface area contributed by atoms with Crippen molar-refractivity contribution in [2.75, 3.05) is 13.2 Å². The molecule has 0 amide bonds. The summed E-state index contributed by atoms with van der Waals surface area (Å²) in [6.07, 6.45) is -6.92. The summed E-state index contributed by atoms with van der Waals surface area (Å²) < 4.78 is 82.7. The molecule has 0 aromatic carbocycles. The Balaban J connectivity index is 1.47. The van der Waals surface area contributed by atoms with Crippen molar-refractivity contribution in [2.24, 2.45) is 0 Å². The topological polar surface area (TPSA) is 364 Å². The van der Waals surface area contributed by atoms with Crippen LogP contribution in [-0.4, -0.2) is 86.3 Å². The number of aliphatic hydroxyl groups is 1. The Kier molecular flexibility index (Phi) is 11.9. The molecule has 0 bridgehead atoms. The quantitative estimate of drug-likeness (QED) is 0.101. The Labute approximate surface area is 272 Å². The Morgan fingerprint density at radius 2 is 1.20 bits per heavy atom. The van der Waals surface area contributed by atoms with Gasteiger partial charge in [-0.1, -0.05) is 0 Å². The summed E-state index contributed by atoms with van der Waals surface area (Å²) in [7, 11) is -22.5. The molecule has 29 heteroatoms. The summed E-state index contributed by atoms with van der Waals surface area (Å²) >= 11 is 0. The fourth-order valence-corrected chi connectivity index (χ4v) is 8.60. The van der Waals surface area contributed by atoms with Crippen LogP contribution in [0, 0.1) is 13.8 Å². The number of ether oxygens (including phenoxy) is 2. The van der Waals surface area contributed by atoms with E-state index in [1.807, 2.05) is 4.98 Å². The normalized spacial score (nSPS) is 28.2. The predicted molar refractivity (Wildman–Crippen MR) is 156 cm³/mol. The van der Waals surface area contributed by atoms with Gasteiger partial charge in [0.25, 0.3) is 11.1 Å². The van der Waals surface area contributed by atoms with Crippen LogP contribution in [0.3, 0.4) is 0 Å². The first-order valence-corrected chi connectivity index (χ1v) is 19.5. The van der Waals surface area contributed by atoms with Crippen LogP contribution in [0.2, 0.25) is 0 Å². The zero-order chi connectivity index (χ0) is 36.7. The molecule has 3 unspecified atom stereocenters. The molecule has 4 heterocycles. The van der Waals surface area contributed by atoms with Crippen molar-refractivity contribution in [3.63, 3.8) is 0 Å². The Morgan fingerprint density at radius 3 is 1.73 bits per heavy atom. The second-order valence-corrected chi connectivity index (χ2v) is 16.4. The van der Waals surface area contributed by atoms with E-state index < -0.39 is 110 Å². The van der Waals surface area contributed by atoms with E-state index >= 15 is 0 Å². The second-order valence-electron chi connectivity index (χ2n) is 10.5. The number of phosphoric acid groups is 4. The van der Waals surface area contributed by atoms with Gasteiger partial charge in [-0.05, 0) is 13.8 Å². The van der Waals surface area contributed by atoms with E-state index in [0.717, 1.165) is 15.3 Å². The lowest BCUT2D eigenvalue weighted by atomic mass is 10.2. The van der Waals surface area contributed by atoms with Gasteiger partial charge in [0.2, 0.25) is 0 Å². The van der Waals surface area contributed by atoms with E-state index in [2.05, 4.69) is 18.1 Å². The summed E-state index contributed by atoms with van der Waals surface area (Å²) in [6, 6.07) is 0. The smallest absolute Gasteiger partial charge is 0.390 e. The van der Waals surface area contributed by atoms with Crippen LogP contribution < -0.4 is 22.5 Å². The molecule has 2 aliphatic rings. The van der Waals surface area contributed by atoms with Crippen LogP contribution in [0.4, 0.5) is 0 Å². The zero-order valence-corrected chi connectivity index (χ0v) is 28.5. The molecule has 2 fully saturated rings. The fourth-order valence-electron chi connectivity index (χ4n) is 4.61. The summed E-state index contributed by atoms with van der Waals surface area (Å²) in [5.41, 5.74) is -3.05. The van der Waals surface area contributed by atoms with E-state index in [0.29, 0.717) is 0 Å². The van der Waals surface area contributed by atoms with E-state index in [-0.39, 0.29) is 17.5 Å². The van der Waals surface area contributed by atoms with E-state index in [1.54, 1.807) is 0 Å². The number of H-pyrrole nitrogens is 2. The Bertz CT molecular complexity index is 1980. The summed E-state index contributed by atoms with van der Waals surface area (Å²) in [5.74, 6) is 0. The van der Waals surface area contributed by atoms with Gasteiger partial charge in [-0.2, -0.15) is 8.62 Å². The zero-order valence-electron chi connectivity index (χ0n) is 24.9. The number of rotatable bonds is 14. The fraction of sp³-hybridized carbons (Fsp3) is 0.600. The van der Waals surface area contributed by atoms with Crippen molar-refractivity contribution in [1.82, 2.24) is 19.1 Å². The number of nitrogens with one attached hydrogen (secondary N) is 2. The van der Waals surface area contributed by atoms with Crippen molar-refractivity contribution >= 4 is 31.3 Å². The lowest BCUT2D eigenvalue weighted by molar-refractivity contribution is -0.0570. The third kappa shape index (κ3) is 10.6. The van der Waals surface area contributed by atoms with Crippen molar-refractivity contribution < 1.29 is 79.5 Å². The molecule has 2 aromatic rings. The molecular formula is C20H30N4O21P4. The maximum atomic E-state index is 13.0. The molecule has 2 aromatic heterocycles. The van der Waals surface area contributed by atoms with Gasteiger partial charge in [0.1, 0.15) is 30.8 Å². The lowest BCUT2D eigenvalue weighted by Crippen LogP contribution is -2.33. The molecule has 0 aliphatic carbocycles. The Hall–Kier alpha value is -2.24. The number of aromatic nitrogens is 4. The third-order valence-corrected chi connectivity index (χ3v) is 11.6. The van der Waals surface area contributed by atoms with Gasteiger partial charge in [-0.25, -0.2) is 27.8 Å². The molecule has 8 N–H and O–H groups in total. The van der Waals surface area contributed by atoms with E-state index in [4.69, 9.17) is 28.3 Å². The largest absolute Gasteiger partial charge is 0.490 e. The third-order valence-electron chi connectivity index (χ3n) is 6.79. The molecule has 9 atom stereocenters. The first kappa shape index (κ1) is 39.5. The summed E-state index contributed by atoms with van der Waals surface area (Å²) in [4.78, 5) is 99.3. The van der Waals surface area contributed by atoms with Crippen LogP contribution in [0.1, 0.15) is 36.4 Å². The first-order chi connectivity index (χ1) is 22.4. The first-order valence-electron chi connectivity index (χ1n) is 13.5. The van der Waals surface area contributed by atoms with Gasteiger partial charge in [-0.15, -0.1) is 0 Å². The molecule has 49 heavy (non-hydrogen) atoms. The van der Waals surface area contributed by atoms with Crippen LogP contribution in [-0.2, 0) is 49.9 Å². The monoisotopic (exact) mass is 786 g/mol. The summed E-state index contributed by atoms with van der Waals surface area (Å²) in [6.45, 7) is 0.785. The summed E-state index contributed by atoms with van der Waals surface area (Å²) in [5, 5.41) is 10.4. The van der Waals surface area contributed by atoms with Gasteiger partial charge in [0.15, 0.2) is 0 Å². The molecule has 0 saturated carbocycles. The predicted octanol–water partition coefficient (Wildman–Crippen LogP) is -1.51. The van der Waals surface area contributed by atoms with Crippen molar-refractivity contribution in [3.8, 4) is 0 Å². The van der Waals surface area contributed by atoms with Crippen LogP contribution >= 0.6 is 31.3 Å². The van der Waals surface area contributed by atoms with Crippen molar-refractivity contribution in [2.45, 2.75) is 63.6 Å². The van der Waals surface area contributed by atoms with E-state index in [9.17, 15) is 57.2 Å². The van der Waals surface area contributed by atoms with Gasteiger partial charge < -0.3 is 39.0 Å². The maximum absolute atomic E-state index is 13.0. The van der Waals surface area contributed by atoms with E-state index in [1.165, 1.54) is 20.0 Å². The highest BCUT2D eigenvalue weighted by Gasteiger charge is 2.46. The molecular weight excluding hydrogens is 756 g/mol. The van der Waals surface area contributed by atoms with Gasteiger partial charge in [0.05, 0.1) is 19.3 Å². The maximum Gasteiger partial charge on any atom is 0.490 e. The minimum atomic E-state index is -5.90. The average molecular weight is 786 g/mol. The highest BCUT2D eigenvalue weighted by Crippen LogP contribution is 2.66. The number of nitrogens with zero attached hydrogens (tertiary/aromatic N) is 2. The molecule has 0 radical (unpaired) electrons. The number of aryl methyl sites for hydroxylation is 2. The molecule has 2 saturated heterocycles. The van der Waals surface area contributed by atoms with Crippen molar-refractivity contribution in [3.05, 3.63) is 65.2 Å². The lowest BCUT2D eigenvalue weighted by Gasteiger charge is -2.23. The number of hydrogen-bond acceptors (Lipinski definition) is 16. The highest BCUT2D eigenvalue weighted by atomic mass is 31.3. The molecule has 4 rings (SSSR count). The van der Waals surface area contributed by atoms with Crippen molar-refractivity contribution in [1.29, 1.82) is 0 Å². The minimum absolute atomic E-state index is 0.0289. The molecule has 276 valence electrons. The second kappa shape index (κ2) is 14.8. The number of hydrogen-bond donors (Lipinski definition) is 8. The minimum Gasteiger partial charge on any atom is -0.390 e. The highest BCUT2D eigenvalue weighted by molar-refractivity contribution is 7.66. The average Bonchev–Trinajstić information content (AvgIpc) is 3.50. The standard InChI is InChI=1S/C20H30N4O21P4/c1-9-5-23(19(28)21-17(9)26)15-3-11(25)13(41-15)7-39-47(33,34)43-12-4-16(24-6-10(2)18(27)22-20(24)29)42-14(12)8-40-48(35,36)45-49(37,38)44-46(30,31)32/h5-6,11-16,25H,3-4,7-8H2,1-2H3,(H,33,34)(H,35,36)(H,37,38)(H,21,26,28)(H,22,27,29)(H2,30,31,32)/t11-,12-,13+,14+,15+,16+/m0/s1. The number of aliphatic hydroxyl groups excluding tert-OH is 1. The molecule has 2 aliphatic heterocycles. The van der Waals surface area contributed by atoms with Crippen LogP contribution in [0.15, 0.2) is 31.6 Å². The SMILES string of the molecule is Cc1cn([C@H]2C[C@H](OP(=O)(O)OC[C@H]3O[C@@H](n4cc(C)c(=O)[nH]c4=O)C[C@@H]3O)[C@@H](COP(=O)(O)OP(=O)(O)OP(=O)(O)O)O2)c(=O)[nH]c1=O. The Morgan fingerprint density at radius 1 is 0.735 bits per heavy atom. The van der Waals surface area contributed by atoms with Gasteiger partial charge in [0, 0.05) is 36.4 Å². The molecule has 25 nitrogen and oxygen atoms in total. The number of phosphoric ester groups is 2. The number of aromatic amines is 2. The van der Waals surface area contributed by atoms with Gasteiger partial charge in [-0.3, -0.25) is 42.3 Å². The van der Waals surface area contributed by atoms with Gasteiger partial charge >= 0.3 is 42.7 Å². The van der Waals surface area contributed by atoms with Crippen LogP contribution in [0.25, 0.3) is 0 Å².